The second-order valence-corrected chi connectivity index (χ2v) is 4.72. The molecular weight excluding hydrogens is 228 g/mol. The number of anilines is 1. The summed E-state index contributed by atoms with van der Waals surface area (Å²) in [5, 5.41) is 5.03. The van der Waals surface area contributed by atoms with E-state index in [4.69, 9.17) is 5.73 Å². The van der Waals surface area contributed by atoms with Crippen molar-refractivity contribution >= 4 is 27.8 Å². The van der Waals surface area contributed by atoms with Gasteiger partial charge in [0.1, 0.15) is 0 Å². The van der Waals surface area contributed by atoms with Gasteiger partial charge in [0, 0.05) is 24.4 Å². The molecule has 4 nitrogen and oxygen atoms in total. The molecule has 0 aliphatic heterocycles. The second-order valence-electron chi connectivity index (χ2n) is 3.16. The molecule has 0 fully saturated rings. The van der Waals surface area contributed by atoms with E-state index in [2.05, 4.69) is 14.9 Å². The third-order valence-corrected chi connectivity index (χ3v) is 3.60. The van der Waals surface area contributed by atoms with Crippen LogP contribution in [0.15, 0.2) is 16.3 Å². The van der Waals surface area contributed by atoms with Crippen molar-refractivity contribution < 1.29 is 0 Å². The smallest absolute Gasteiger partial charge is 0.185 e. The molecule has 0 aromatic carbocycles. The monoisotopic (exact) mass is 240 g/mol. The van der Waals surface area contributed by atoms with Gasteiger partial charge in [-0.2, -0.15) is 0 Å². The summed E-state index contributed by atoms with van der Waals surface area (Å²) in [6.07, 6.45) is 0. The van der Waals surface area contributed by atoms with Gasteiger partial charge in [-0.15, -0.1) is 22.7 Å². The van der Waals surface area contributed by atoms with Gasteiger partial charge in [0.05, 0.1) is 23.4 Å². The third-order valence-electron chi connectivity index (χ3n) is 1.96. The molecule has 2 N–H and O–H groups in total. The number of thiazole rings is 2. The second kappa shape index (κ2) is 4.69. The van der Waals surface area contributed by atoms with Crippen LogP contribution in [0.1, 0.15) is 11.4 Å². The Bertz CT molecular complexity index is 409. The molecule has 2 heterocycles. The average Bonchev–Trinajstić information content (AvgIpc) is 2.86. The molecule has 0 aliphatic rings. The van der Waals surface area contributed by atoms with E-state index in [0.717, 1.165) is 23.1 Å². The van der Waals surface area contributed by atoms with Gasteiger partial charge >= 0.3 is 0 Å². The lowest BCUT2D eigenvalue weighted by Crippen LogP contribution is -2.16. The molecule has 0 radical (unpaired) electrons. The maximum absolute atomic E-state index is 5.51. The van der Waals surface area contributed by atoms with E-state index >= 15 is 0 Å². The van der Waals surface area contributed by atoms with Crippen molar-refractivity contribution in [1.29, 1.82) is 0 Å². The molecule has 15 heavy (non-hydrogen) atoms. The van der Waals surface area contributed by atoms with Crippen LogP contribution in [-0.4, -0.2) is 17.0 Å². The van der Waals surface area contributed by atoms with Crippen molar-refractivity contribution in [2.24, 2.45) is 5.73 Å². The first-order chi connectivity index (χ1) is 7.29. The fourth-order valence-electron chi connectivity index (χ4n) is 1.19. The zero-order valence-electron chi connectivity index (χ0n) is 8.38. The summed E-state index contributed by atoms with van der Waals surface area (Å²) in [5.41, 5.74) is 9.38. The molecule has 0 spiro atoms. The predicted octanol–water partition coefficient (Wildman–Crippen LogP) is 1.69. The molecule has 0 bridgehead atoms. The van der Waals surface area contributed by atoms with Gasteiger partial charge in [-0.3, -0.25) is 0 Å². The van der Waals surface area contributed by atoms with Crippen molar-refractivity contribution in [3.8, 4) is 0 Å². The SMILES string of the molecule is CN(Cc1cscn1)c1nc(CN)cs1. The molecule has 0 unspecified atom stereocenters. The zero-order valence-corrected chi connectivity index (χ0v) is 10.0. The number of rotatable bonds is 4. The molecule has 2 rings (SSSR count). The number of hydrogen-bond donors (Lipinski definition) is 1. The predicted molar refractivity (Wildman–Crippen MR) is 64.2 cm³/mol. The zero-order chi connectivity index (χ0) is 10.7. The Kier molecular flexibility index (Phi) is 3.30. The first-order valence-corrected chi connectivity index (χ1v) is 6.34. The Balaban J connectivity index is 2.04. The fourth-order valence-corrected chi connectivity index (χ4v) is 2.55. The minimum Gasteiger partial charge on any atom is -0.345 e. The van der Waals surface area contributed by atoms with E-state index in [9.17, 15) is 0 Å². The summed E-state index contributed by atoms with van der Waals surface area (Å²) in [6, 6.07) is 0. The molecule has 0 atom stereocenters. The van der Waals surface area contributed by atoms with Crippen molar-refractivity contribution in [1.82, 2.24) is 9.97 Å². The molecule has 80 valence electrons. The van der Waals surface area contributed by atoms with Gasteiger partial charge < -0.3 is 10.6 Å². The summed E-state index contributed by atoms with van der Waals surface area (Å²) in [5.74, 6) is 0. The summed E-state index contributed by atoms with van der Waals surface area (Å²) in [4.78, 5) is 10.7. The van der Waals surface area contributed by atoms with Crippen LogP contribution < -0.4 is 10.6 Å². The van der Waals surface area contributed by atoms with Gasteiger partial charge in [-0.05, 0) is 0 Å². The molecule has 0 saturated heterocycles. The normalized spacial score (nSPS) is 10.5. The molecule has 0 saturated carbocycles. The van der Waals surface area contributed by atoms with Gasteiger partial charge in [-0.25, -0.2) is 9.97 Å². The summed E-state index contributed by atoms with van der Waals surface area (Å²) < 4.78 is 0. The molecule has 0 amide bonds. The Morgan fingerprint density at radius 3 is 2.87 bits per heavy atom. The minimum absolute atomic E-state index is 0.501. The van der Waals surface area contributed by atoms with Crippen LogP contribution in [0.3, 0.4) is 0 Å². The van der Waals surface area contributed by atoms with Crippen LogP contribution in [0.2, 0.25) is 0 Å². The molecule has 2 aromatic heterocycles. The lowest BCUT2D eigenvalue weighted by atomic mass is 10.4. The van der Waals surface area contributed by atoms with E-state index in [1.807, 2.05) is 23.3 Å². The maximum Gasteiger partial charge on any atom is 0.185 e. The van der Waals surface area contributed by atoms with Gasteiger partial charge in [0.15, 0.2) is 5.13 Å². The van der Waals surface area contributed by atoms with E-state index < -0.39 is 0 Å². The maximum atomic E-state index is 5.51. The van der Waals surface area contributed by atoms with Crippen LogP contribution in [0.5, 0.6) is 0 Å². The van der Waals surface area contributed by atoms with E-state index in [1.54, 1.807) is 22.7 Å². The third kappa shape index (κ3) is 2.53. The quantitative estimate of drug-likeness (QED) is 0.883. The minimum atomic E-state index is 0.501. The van der Waals surface area contributed by atoms with Crippen LogP contribution >= 0.6 is 22.7 Å². The molecule has 0 aliphatic carbocycles. The number of nitrogens with two attached hydrogens (primary N) is 1. The van der Waals surface area contributed by atoms with E-state index in [1.165, 1.54) is 0 Å². The summed E-state index contributed by atoms with van der Waals surface area (Å²) in [7, 11) is 2.01. The topological polar surface area (TPSA) is 55.0 Å². The van der Waals surface area contributed by atoms with Gasteiger partial charge in [0.25, 0.3) is 0 Å². The highest BCUT2D eigenvalue weighted by molar-refractivity contribution is 7.13. The highest BCUT2D eigenvalue weighted by Gasteiger charge is 2.07. The van der Waals surface area contributed by atoms with E-state index in [-0.39, 0.29) is 0 Å². The molecule has 2 aromatic rings. The highest BCUT2D eigenvalue weighted by atomic mass is 32.1. The lowest BCUT2D eigenvalue weighted by molar-refractivity contribution is 0.878. The number of nitrogens with zero attached hydrogens (tertiary/aromatic N) is 3. The van der Waals surface area contributed by atoms with E-state index in [0.29, 0.717) is 6.54 Å². The Labute approximate surface area is 96.4 Å². The Morgan fingerprint density at radius 1 is 1.40 bits per heavy atom. The van der Waals surface area contributed by atoms with Crippen LogP contribution in [0, 0.1) is 0 Å². The fraction of sp³-hybridized carbons (Fsp3) is 0.333. The highest BCUT2D eigenvalue weighted by Crippen LogP contribution is 2.20. The molecule has 6 heteroatoms. The van der Waals surface area contributed by atoms with Crippen molar-refractivity contribution in [2.45, 2.75) is 13.1 Å². The van der Waals surface area contributed by atoms with Crippen molar-refractivity contribution in [3.05, 3.63) is 27.7 Å². The average molecular weight is 240 g/mol. The largest absolute Gasteiger partial charge is 0.345 e. The summed E-state index contributed by atoms with van der Waals surface area (Å²) in [6.45, 7) is 1.29. The van der Waals surface area contributed by atoms with Crippen LogP contribution in [-0.2, 0) is 13.1 Å². The van der Waals surface area contributed by atoms with Crippen molar-refractivity contribution in [3.63, 3.8) is 0 Å². The lowest BCUT2D eigenvalue weighted by Gasteiger charge is -2.13. The van der Waals surface area contributed by atoms with Gasteiger partial charge in [0.2, 0.25) is 0 Å². The summed E-state index contributed by atoms with van der Waals surface area (Å²) >= 11 is 3.23. The first-order valence-electron chi connectivity index (χ1n) is 4.52. The Morgan fingerprint density at radius 2 is 2.27 bits per heavy atom. The van der Waals surface area contributed by atoms with Gasteiger partial charge in [-0.1, -0.05) is 0 Å². The Hall–Kier alpha value is -0.980. The van der Waals surface area contributed by atoms with Crippen molar-refractivity contribution in [2.75, 3.05) is 11.9 Å². The molecular formula is C9H12N4S2. The first kappa shape index (κ1) is 10.5. The standard InChI is InChI=1S/C9H12N4S2/c1-13(3-8-4-14-6-11-8)9-12-7(2-10)5-15-9/h4-6H,2-3,10H2,1H3. The van der Waals surface area contributed by atoms with Crippen LogP contribution in [0.25, 0.3) is 0 Å². The van der Waals surface area contributed by atoms with Crippen LogP contribution in [0.4, 0.5) is 5.13 Å². The number of aromatic nitrogens is 2. The number of hydrogen-bond acceptors (Lipinski definition) is 6.